The van der Waals surface area contributed by atoms with Crippen LogP contribution in [-0.2, 0) is 0 Å². The number of methoxy groups -OCH3 is 2. The molecule has 0 radical (unpaired) electrons. The number of allylic oxidation sites excluding steroid dienone is 1. The molecule has 0 saturated heterocycles. The first-order valence-corrected chi connectivity index (χ1v) is 7.47. The molecule has 1 aliphatic rings. The Labute approximate surface area is 140 Å². The van der Waals surface area contributed by atoms with E-state index in [1.54, 1.807) is 31.4 Å². The zero-order chi connectivity index (χ0) is 17.1. The van der Waals surface area contributed by atoms with E-state index in [2.05, 4.69) is 0 Å². The van der Waals surface area contributed by atoms with Gasteiger partial charge in [-0.05, 0) is 54.5 Å². The highest BCUT2D eigenvalue weighted by Gasteiger charge is 2.16. The number of aryl methyl sites for hydroxylation is 1. The Kier molecular flexibility index (Phi) is 4.42. The molecule has 0 unspecified atom stereocenters. The molecule has 24 heavy (non-hydrogen) atoms. The quantitative estimate of drug-likeness (QED) is 0.620. The molecule has 0 atom stereocenters. The second-order valence-corrected chi connectivity index (χ2v) is 5.34. The van der Waals surface area contributed by atoms with Crippen LogP contribution in [0.5, 0.6) is 23.0 Å². The summed E-state index contributed by atoms with van der Waals surface area (Å²) in [5, 5.41) is 0. The maximum atomic E-state index is 12.5. The summed E-state index contributed by atoms with van der Waals surface area (Å²) in [4.78, 5) is 12.5. The lowest BCUT2D eigenvalue weighted by molar-refractivity contribution is 0.104. The molecule has 5 heteroatoms. The van der Waals surface area contributed by atoms with Gasteiger partial charge in [-0.1, -0.05) is 6.08 Å². The van der Waals surface area contributed by atoms with Crippen molar-refractivity contribution in [1.29, 1.82) is 0 Å². The standard InChI is InChI=1S/C19H18O5/c1-12-8-13(9-18-19(12)24-11-23-18)4-6-16(20)15-10-14(21-2)5-7-17(15)22-3/h4-10H,11H2,1-3H3/b6-4+. The van der Waals surface area contributed by atoms with Crippen molar-refractivity contribution in [3.05, 3.63) is 53.1 Å². The summed E-state index contributed by atoms with van der Waals surface area (Å²) in [5.41, 5.74) is 2.29. The Morgan fingerprint density at radius 2 is 1.96 bits per heavy atom. The molecule has 0 bridgehead atoms. The first kappa shape index (κ1) is 15.9. The van der Waals surface area contributed by atoms with Gasteiger partial charge in [-0.15, -0.1) is 0 Å². The summed E-state index contributed by atoms with van der Waals surface area (Å²) in [7, 11) is 3.09. The van der Waals surface area contributed by atoms with Gasteiger partial charge in [-0.3, -0.25) is 4.79 Å². The van der Waals surface area contributed by atoms with E-state index in [0.717, 1.165) is 16.9 Å². The van der Waals surface area contributed by atoms with E-state index in [1.807, 2.05) is 19.1 Å². The molecule has 124 valence electrons. The Balaban J connectivity index is 1.87. The molecule has 0 amide bonds. The molecule has 3 rings (SSSR count). The summed E-state index contributed by atoms with van der Waals surface area (Å²) < 4.78 is 21.2. The van der Waals surface area contributed by atoms with Gasteiger partial charge < -0.3 is 18.9 Å². The summed E-state index contributed by atoms with van der Waals surface area (Å²) in [6, 6.07) is 8.92. The molecule has 5 nitrogen and oxygen atoms in total. The van der Waals surface area contributed by atoms with Crippen molar-refractivity contribution in [2.75, 3.05) is 21.0 Å². The highest BCUT2D eigenvalue weighted by molar-refractivity contribution is 6.09. The first-order chi connectivity index (χ1) is 11.6. The van der Waals surface area contributed by atoms with E-state index >= 15 is 0 Å². The summed E-state index contributed by atoms with van der Waals surface area (Å²) in [5.74, 6) is 2.40. The Morgan fingerprint density at radius 3 is 2.71 bits per heavy atom. The summed E-state index contributed by atoms with van der Waals surface area (Å²) >= 11 is 0. The number of rotatable bonds is 5. The predicted molar refractivity (Wildman–Crippen MR) is 90.2 cm³/mol. The number of hydrogen-bond acceptors (Lipinski definition) is 5. The van der Waals surface area contributed by atoms with Gasteiger partial charge in [0.25, 0.3) is 0 Å². The van der Waals surface area contributed by atoms with Gasteiger partial charge in [0, 0.05) is 0 Å². The van der Waals surface area contributed by atoms with E-state index in [1.165, 1.54) is 13.2 Å². The van der Waals surface area contributed by atoms with Crippen molar-refractivity contribution >= 4 is 11.9 Å². The van der Waals surface area contributed by atoms with Gasteiger partial charge >= 0.3 is 0 Å². The van der Waals surface area contributed by atoms with E-state index in [-0.39, 0.29) is 12.6 Å². The number of fused-ring (bicyclic) bond motifs is 1. The van der Waals surface area contributed by atoms with Crippen molar-refractivity contribution in [1.82, 2.24) is 0 Å². The minimum Gasteiger partial charge on any atom is -0.497 e. The number of carbonyl (C=O) groups excluding carboxylic acids is 1. The van der Waals surface area contributed by atoms with Crippen LogP contribution in [0.4, 0.5) is 0 Å². The van der Waals surface area contributed by atoms with Crippen molar-refractivity contribution < 1.29 is 23.7 Å². The van der Waals surface area contributed by atoms with Gasteiger partial charge in [0.05, 0.1) is 19.8 Å². The van der Waals surface area contributed by atoms with Crippen LogP contribution in [0.15, 0.2) is 36.4 Å². The number of ketones is 1. The highest BCUT2D eigenvalue weighted by Crippen LogP contribution is 2.36. The largest absolute Gasteiger partial charge is 0.497 e. The number of carbonyl (C=O) groups is 1. The maximum Gasteiger partial charge on any atom is 0.231 e. The minimum atomic E-state index is -0.166. The molecule has 0 fully saturated rings. The van der Waals surface area contributed by atoms with E-state index in [4.69, 9.17) is 18.9 Å². The van der Waals surface area contributed by atoms with E-state index < -0.39 is 0 Å². The van der Waals surface area contributed by atoms with Crippen LogP contribution in [-0.4, -0.2) is 26.8 Å². The Morgan fingerprint density at radius 1 is 1.12 bits per heavy atom. The van der Waals surface area contributed by atoms with Gasteiger partial charge in [0.2, 0.25) is 6.79 Å². The number of benzene rings is 2. The van der Waals surface area contributed by atoms with Crippen molar-refractivity contribution in [3.63, 3.8) is 0 Å². The third-order valence-electron chi connectivity index (χ3n) is 3.78. The molecule has 1 aliphatic heterocycles. The second-order valence-electron chi connectivity index (χ2n) is 5.34. The van der Waals surface area contributed by atoms with Gasteiger partial charge in [-0.2, -0.15) is 0 Å². The minimum absolute atomic E-state index is 0.166. The molecule has 1 heterocycles. The van der Waals surface area contributed by atoms with Crippen LogP contribution in [0.1, 0.15) is 21.5 Å². The average Bonchev–Trinajstić information content (AvgIpc) is 3.08. The normalized spacial score (nSPS) is 12.5. The maximum absolute atomic E-state index is 12.5. The van der Waals surface area contributed by atoms with Crippen LogP contribution in [0.2, 0.25) is 0 Å². The van der Waals surface area contributed by atoms with Gasteiger partial charge in [0.1, 0.15) is 11.5 Å². The lowest BCUT2D eigenvalue weighted by Crippen LogP contribution is -1.99. The number of hydrogen-bond donors (Lipinski definition) is 0. The van der Waals surface area contributed by atoms with Crippen molar-refractivity contribution in [3.8, 4) is 23.0 Å². The van der Waals surface area contributed by atoms with Crippen LogP contribution in [0, 0.1) is 6.92 Å². The topological polar surface area (TPSA) is 54.0 Å². The average molecular weight is 326 g/mol. The Bertz CT molecular complexity index is 808. The fourth-order valence-electron chi connectivity index (χ4n) is 2.58. The van der Waals surface area contributed by atoms with Gasteiger partial charge in [0.15, 0.2) is 17.3 Å². The summed E-state index contributed by atoms with van der Waals surface area (Å²) in [6.07, 6.45) is 3.25. The van der Waals surface area contributed by atoms with E-state index in [9.17, 15) is 4.79 Å². The molecule has 2 aromatic carbocycles. The lowest BCUT2D eigenvalue weighted by Gasteiger charge is -2.08. The molecule has 0 saturated carbocycles. The first-order valence-electron chi connectivity index (χ1n) is 7.47. The molecule has 0 N–H and O–H groups in total. The number of ether oxygens (including phenoxy) is 4. The molecule has 0 spiro atoms. The molecule has 0 aliphatic carbocycles. The SMILES string of the molecule is COc1ccc(OC)c(C(=O)/C=C/c2cc(C)c3c(c2)OCO3)c1. The van der Waals surface area contributed by atoms with Gasteiger partial charge in [-0.25, -0.2) is 0 Å². The summed E-state index contributed by atoms with van der Waals surface area (Å²) in [6.45, 7) is 2.17. The zero-order valence-corrected chi connectivity index (χ0v) is 13.8. The molecule has 2 aromatic rings. The smallest absolute Gasteiger partial charge is 0.231 e. The lowest BCUT2D eigenvalue weighted by atomic mass is 10.1. The zero-order valence-electron chi connectivity index (χ0n) is 13.8. The molecule has 0 aromatic heterocycles. The van der Waals surface area contributed by atoms with Crippen molar-refractivity contribution in [2.45, 2.75) is 6.92 Å². The third-order valence-corrected chi connectivity index (χ3v) is 3.78. The monoisotopic (exact) mass is 326 g/mol. The highest BCUT2D eigenvalue weighted by atomic mass is 16.7. The molecular weight excluding hydrogens is 308 g/mol. The van der Waals surface area contributed by atoms with Crippen LogP contribution >= 0.6 is 0 Å². The van der Waals surface area contributed by atoms with Crippen LogP contribution < -0.4 is 18.9 Å². The second kappa shape index (κ2) is 6.66. The van der Waals surface area contributed by atoms with Crippen LogP contribution in [0.25, 0.3) is 6.08 Å². The predicted octanol–water partition coefficient (Wildman–Crippen LogP) is 3.64. The van der Waals surface area contributed by atoms with Crippen LogP contribution in [0.3, 0.4) is 0 Å². The third kappa shape index (κ3) is 3.06. The fourth-order valence-corrected chi connectivity index (χ4v) is 2.58. The Hall–Kier alpha value is -2.95. The fraction of sp³-hybridized carbons (Fsp3) is 0.211. The van der Waals surface area contributed by atoms with E-state index in [0.29, 0.717) is 22.8 Å². The molecular formula is C19H18O5. The van der Waals surface area contributed by atoms with Crippen molar-refractivity contribution in [2.24, 2.45) is 0 Å².